The Balaban J connectivity index is 2.03. The summed E-state index contributed by atoms with van der Waals surface area (Å²) in [6.07, 6.45) is 0. The fraction of sp³-hybridized carbons (Fsp3) is 0.278. The number of hydrogen-bond acceptors (Lipinski definition) is 4. The van der Waals surface area contributed by atoms with E-state index in [2.05, 4.69) is 9.97 Å². The smallest absolute Gasteiger partial charge is 0.289 e. The quantitative estimate of drug-likeness (QED) is 0.703. The Kier molecular flexibility index (Phi) is 5.01. The van der Waals surface area contributed by atoms with Crippen molar-refractivity contribution in [3.8, 4) is 11.3 Å². The fourth-order valence-electron chi connectivity index (χ4n) is 2.58. The molecule has 0 radical (unpaired) electrons. The lowest BCUT2D eigenvalue weighted by atomic mass is 10.1. The van der Waals surface area contributed by atoms with Gasteiger partial charge in [-0.3, -0.25) is 4.79 Å². The van der Waals surface area contributed by atoms with Crippen molar-refractivity contribution >= 4 is 28.7 Å². The summed E-state index contributed by atoms with van der Waals surface area (Å²) in [4.78, 5) is 23.2. The summed E-state index contributed by atoms with van der Waals surface area (Å²) in [5, 5.41) is 0.522. The van der Waals surface area contributed by atoms with Crippen molar-refractivity contribution < 1.29 is 9.53 Å². The van der Waals surface area contributed by atoms with Gasteiger partial charge in [-0.15, -0.1) is 0 Å². The molecule has 0 bridgehead atoms. The molecule has 0 aliphatic carbocycles. The third-order valence-electron chi connectivity index (χ3n) is 4.04. The first-order valence-corrected chi connectivity index (χ1v) is 8.23. The number of rotatable bonds is 5. The van der Waals surface area contributed by atoms with Gasteiger partial charge in [0.15, 0.2) is 5.65 Å². The average Bonchev–Trinajstić information content (AvgIpc) is 2.95. The predicted octanol–water partition coefficient (Wildman–Crippen LogP) is 3.01. The molecule has 25 heavy (non-hydrogen) atoms. The first-order chi connectivity index (χ1) is 12.0. The highest BCUT2D eigenvalue weighted by atomic mass is 35.5. The van der Waals surface area contributed by atoms with E-state index in [9.17, 15) is 4.79 Å². The first kappa shape index (κ1) is 17.4. The van der Waals surface area contributed by atoms with E-state index < -0.39 is 0 Å². The molecule has 1 aromatic carbocycles. The topological polar surface area (TPSA) is 60.2 Å². The molecule has 0 aliphatic heterocycles. The lowest BCUT2D eigenvalue weighted by Gasteiger charge is -2.15. The number of halogens is 1. The van der Waals surface area contributed by atoms with E-state index in [0.29, 0.717) is 40.9 Å². The molecule has 0 saturated heterocycles. The van der Waals surface area contributed by atoms with E-state index in [1.807, 2.05) is 30.3 Å². The summed E-state index contributed by atoms with van der Waals surface area (Å²) < 4.78 is 6.73. The van der Waals surface area contributed by atoms with Gasteiger partial charge in [-0.05, 0) is 6.07 Å². The number of nitrogens with zero attached hydrogens (tertiary/aromatic N) is 4. The maximum atomic E-state index is 12.6. The van der Waals surface area contributed by atoms with E-state index in [0.717, 1.165) is 5.56 Å². The lowest BCUT2D eigenvalue weighted by Crippen LogP contribution is -2.31. The van der Waals surface area contributed by atoms with Gasteiger partial charge in [0.05, 0.1) is 22.8 Å². The number of pyridine rings is 1. The van der Waals surface area contributed by atoms with Crippen LogP contribution < -0.4 is 0 Å². The van der Waals surface area contributed by atoms with Gasteiger partial charge in [0, 0.05) is 33.3 Å². The van der Waals surface area contributed by atoms with E-state index >= 15 is 0 Å². The number of fused-ring (bicyclic) bond motifs is 1. The molecule has 0 aliphatic rings. The summed E-state index contributed by atoms with van der Waals surface area (Å²) in [5.41, 5.74) is 2.77. The van der Waals surface area contributed by atoms with Crippen molar-refractivity contribution in [2.24, 2.45) is 7.05 Å². The van der Waals surface area contributed by atoms with Crippen LogP contribution in [-0.4, -0.2) is 52.7 Å². The first-order valence-electron chi connectivity index (χ1n) is 7.85. The SMILES string of the molecule is COCCN(C)C(=O)c1nc2nc(-c3ccccc3)c(Cl)cc2n1C. The van der Waals surface area contributed by atoms with E-state index in [-0.39, 0.29) is 5.91 Å². The summed E-state index contributed by atoms with van der Waals surface area (Å²) in [7, 11) is 5.11. The molecule has 3 aromatic rings. The fourth-order valence-corrected chi connectivity index (χ4v) is 2.83. The zero-order valence-corrected chi connectivity index (χ0v) is 15.1. The van der Waals surface area contributed by atoms with Gasteiger partial charge in [0.25, 0.3) is 5.91 Å². The Morgan fingerprint density at radius 1 is 1.28 bits per heavy atom. The molecule has 1 amide bonds. The van der Waals surface area contributed by atoms with Crippen LogP contribution in [0.5, 0.6) is 0 Å². The number of aryl methyl sites for hydroxylation is 1. The molecule has 0 saturated carbocycles. The number of carbonyl (C=O) groups excluding carboxylic acids is 1. The van der Waals surface area contributed by atoms with Gasteiger partial charge in [0.1, 0.15) is 0 Å². The van der Waals surface area contributed by atoms with Crippen LogP contribution in [0.15, 0.2) is 36.4 Å². The lowest BCUT2D eigenvalue weighted by molar-refractivity contribution is 0.0729. The Morgan fingerprint density at radius 2 is 2.00 bits per heavy atom. The highest BCUT2D eigenvalue weighted by Crippen LogP contribution is 2.29. The Labute approximate surface area is 151 Å². The molecule has 130 valence electrons. The number of carbonyl (C=O) groups is 1. The van der Waals surface area contributed by atoms with Crippen molar-refractivity contribution in [2.75, 3.05) is 27.3 Å². The summed E-state index contributed by atoms with van der Waals surface area (Å²) in [6.45, 7) is 0.955. The number of imidazole rings is 1. The number of likely N-dealkylation sites (N-methyl/N-ethyl adjacent to an activating group) is 1. The third kappa shape index (κ3) is 3.36. The van der Waals surface area contributed by atoms with Crippen molar-refractivity contribution in [3.05, 3.63) is 47.2 Å². The zero-order valence-electron chi connectivity index (χ0n) is 14.4. The molecule has 0 fully saturated rings. The van der Waals surface area contributed by atoms with Crippen LogP contribution >= 0.6 is 11.6 Å². The Bertz CT molecular complexity index is 908. The number of amides is 1. The van der Waals surface area contributed by atoms with Crippen molar-refractivity contribution in [1.82, 2.24) is 19.4 Å². The van der Waals surface area contributed by atoms with Crippen LogP contribution in [0.1, 0.15) is 10.6 Å². The molecule has 3 rings (SSSR count). The van der Waals surface area contributed by atoms with E-state index in [4.69, 9.17) is 16.3 Å². The average molecular weight is 359 g/mol. The largest absolute Gasteiger partial charge is 0.383 e. The van der Waals surface area contributed by atoms with E-state index in [1.165, 1.54) is 0 Å². The minimum absolute atomic E-state index is 0.185. The summed E-state index contributed by atoms with van der Waals surface area (Å²) in [6, 6.07) is 11.5. The number of ether oxygens (including phenoxy) is 1. The number of aromatic nitrogens is 3. The Hall–Kier alpha value is -2.44. The Morgan fingerprint density at radius 3 is 2.68 bits per heavy atom. The second-order valence-corrected chi connectivity index (χ2v) is 6.15. The second-order valence-electron chi connectivity index (χ2n) is 5.74. The zero-order chi connectivity index (χ0) is 18.0. The van der Waals surface area contributed by atoms with Crippen LogP contribution in [0.2, 0.25) is 5.02 Å². The minimum atomic E-state index is -0.185. The van der Waals surface area contributed by atoms with Crippen LogP contribution in [0.25, 0.3) is 22.4 Å². The van der Waals surface area contributed by atoms with Crippen LogP contribution in [0.4, 0.5) is 0 Å². The molecular formula is C18H19ClN4O2. The highest BCUT2D eigenvalue weighted by molar-refractivity contribution is 6.33. The molecule has 2 heterocycles. The maximum Gasteiger partial charge on any atom is 0.289 e. The third-order valence-corrected chi connectivity index (χ3v) is 4.33. The van der Waals surface area contributed by atoms with Gasteiger partial charge >= 0.3 is 0 Å². The second kappa shape index (κ2) is 7.21. The minimum Gasteiger partial charge on any atom is -0.383 e. The van der Waals surface area contributed by atoms with Gasteiger partial charge in [-0.25, -0.2) is 9.97 Å². The molecule has 7 heteroatoms. The van der Waals surface area contributed by atoms with Crippen molar-refractivity contribution in [1.29, 1.82) is 0 Å². The predicted molar refractivity (Wildman–Crippen MR) is 97.8 cm³/mol. The highest BCUT2D eigenvalue weighted by Gasteiger charge is 2.21. The summed E-state index contributed by atoms with van der Waals surface area (Å²) >= 11 is 6.41. The number of benzene rings is 1. The molecule has 2 aromatic heterocycles. The van der Waals surface area contributed by atoms with Crippen LogP contribution in [-0.2, 0) is 11.8 Å². The standard InChI is InChI=1S/C18H19ClN4O2/c1-22(9-10-25-3)18(24)17-21-16-14(23(17)2)11-13(19)15(20-16)12-7-5-4-6-8-12/h4-8,11H,9-10H2,1-3H3. The maximum absolute atomic E-state index is 12.6. The van der Waals surface area contributed by atoms with Crippen molar-refractivity contribution in [3.63, 3.8) is 0 Å². The molecule has 0 atom stereocenters. The number of hydrogen-bond donors (Lipinski definition) is 0. The van der Waals surface area contributed by atoms with Gasteiger partial charge in [-0.1, -0.05) is 41.9 Å². The molecular weight excluding hydrogens is 340 g/mol. The molecule has 0 N–H and O–H groups in total. The normalized spacial score (nSPS) is 11.0. The molecule has 0 unspecified atom stereocenters. The van der Waals surface area contributed by atoms with Crippen molar-refractivity contribution in [2.45, 2.75) is 0 Å². The summed E-state index contributed by atoms with van der Waals surface area (Å²) in [5.74, 6) is 0.136. The van der Waals surface area contributed by atoms with Gasteiger partial charge < -0.3 is 14.2 Å². The molecule has 6 nitrogen and oxygen atoms in total. The molecule has 0 spiro atoms. The van der Waals surface area contributed by atoms with Gasteiger partial charge in [0.2, 0.25) is 5.82 Å². The van der Waals surface area contributed by atoms with Crippen LogP contribution in [0.3, 0.4) is 0 Å². The van der Waals surface area contributed by atoms with Gasteiger partial charge in [-0.2, -0.15) is 0 Å². The number of methoxy groups -OCH3 is 1. The monoisotopic (exact) mass is 358 g/mol. The van der Waals surface area contributed by atoms with E-state index in [1.54, 1.807) is 36.7 Å². The van der Waals surface area contributed by atoms with Crippen LogP contribution in [0, 0.1) is 0 Å².